The normalized spacial score (nSPS) is 12.6. The van der Waals surface area contributed by atoms with Crippen LogP contribution in [0.15, 0.2) is 24.5 Å². The zero-order valence-corrected chi connectivity index (χ0v) is 10.3. The number of aromatic nitrogens is 2. The van der Waals surface area contributed by atoms with Crippen LogP contribution in [0.3, 0.4) is 0 Å². The fourth-order valence-corrected chi connectivity index (χ4v) is 1.74. The van der Waals surface area contributed by atoms with Crippen LogP contribution >= 0.6 is 0 Å². The van der Waals surface area contributed by atoms with E-state index in [1.54, 1.807) is 18.5 Å². The Morgan fingerprint density at radius 1 is 1.56 bits per heavy atom. The van der Waals surface area contributed by atoms with Crippen molar-refractivity contribution in [3.63, 3.8) is 0 Å². The molecule has 96 valence electrons. The minimum atomic E-state index is -0.347. The Morgan fingerprint density at radius 3 is 3.17 bits per heavy atom. The van der Waals surface area contributed by atoms with Gasteiger partial charge in [0.15, 0.2) is 0 Å². The summed E-state index contributed by atoms with van der Waals surface area (Å²) in [5.74, 6) is -0.130. The van der Waals surface area contributed by atoms with E-state index in [2.05, 4.69) is 15.3 Å². The topological polar surface area (TPSA) is 78.0 Å². The Hall–Kier alpha value is -1.88. The van der Waals surface area contributed by atoms with Gasteiger partial charge in [-0.05, 0) is 31.0 Å². The monoisotopic (exact) mass is 247 g/mol. The Labute approximate surface area is 105 Å². The predicted octanol–water partition coefficient (Wildman–Crippen LogP) is 1.45. The number of H-pyrrole nitrogens is 1. The summed E-state index contributed by atoms with van der Waals surface area (Å²) in [6.07, 6.45) is 2.54. The van der Waals surface area contributed by atoms with E-state index in [1.807, 2.05) is 13.0 Å². The lowest BCUT2D eigenvalue weighted by molar-refractivity contribution is 0.0942. The molecule has 1 aromatic heterocycles. The molecule has 1 unspecified atom stereocenters. The Morgan fingerprint density at radius 2 is 2.39 bits per heavy atom. The average Bonchev–Trinajstić information content (AvgIpc) is 2.85. The molecule has 5 nitrogen and oxygen atoms in total. The van der Waals surface area contributed by atoms with E-state index in [-0.39, 0.29) is 12.0 Å². The molecule has 1 heterocycles. The molecular formula is C13H17N3O2. The van der Waals surface area contributed by atoms with E-state index in [9.17, 15) is 9.90 Å². The van der Waals surface area contributed by atoms with Crippen molar-refractivity contribution in [1.82, 2.24) is 15.3 Å². The van der Waals surface area contributed by atoms with E-state index in [0.717, 1.165) is 11.0 Å². The van der Waals surface area contributed by atoms with Crippen LogP contribution in [0.2, 0.25) is 0 Å². The van der Waals surface area contributed by atoms with Gasteiger partial charge < -0.3 is 15.4 Å². The van der Waals surface area contributed by atoms with Crippen molar-refractivity contribution in [3.8, 4) is 0 Å². The number of amides is 1. The molecule has 3 N–H and O–H groups in total. The molecule has 0 radical (unpaired) electrons. The number of carbonyl (C=O) groups is 1. The minimum absolute atomic E-state index is 0.130. The number of fused-ring (bicyclic) bond motifs is 1. The third-order valence-corrected chi connectivity index (χ3v) is 2.92. The van der Waals surface area contributed by atoms with Crippen LogP contribution in [-0.2, 0) is 0 Å². The number of hydrogen-bond donors (Lipinski definition) is 3. The van der Waals surface area contributed by atoms with E-state index in [0.29, 0.717) is 24.9 Å². The first kappa shape index (κ1) is 12.6. The first-order valence-electron chi connectivity index (χ1n) is 6.10. The van der Waals surface area contributed by atoms with Crippen LogP contribution in [0.25, 0.3) is 11.0 Å². The largest absolute Gasteiger partial charge is 0.393 e. The number of aliphatic hydroxyl groups is 1. The van der Waals surface area contributed by atoms with Crippen LogP contribution in [0.5, 0.6) is 0 Å². The van der Waals surface area contributed by atoms with E-state index in [1.165, 1.54) is 0 Å². The molecule has 0 saturated carbocycles. The molecule has 1 atom stereocenters. The number of nitrogens with zero attached hydrogens (tertiary/aromatic N) is 1. The second-order valence-corrected chi connectivity index (χ2v) is 4.24. The highest BCUT2D eigenvalue weighted by Gasteiger charge is 2.07. The van der Waals surface area contributed by atoms with Gasteiger partial charge >= 0.3 is 0 Å². The molecule has 1 amide bonds. The first-order valence-corrected chi connectivity index (χ1v) is 6.10. The molecule has 18 heavy (non-hydrogen) atoms. The summed E-state index contributed by atoms with van der Waals surface area (Å²) in [7, 11) is 0. The molecule has 0 aliphatic rings. The van der Waals surface area contributed by atoms with Crippen molar-refractivity contribution in [1.29, 1.82) is 0 Å². The fourth-order valence-electron chi connectivity index (χ4n) is 1.74. The number of carbonyl (C=O) groups excluding carboxylic acids is 1. The molecule has 0 aliphatic carbocycles. The van der Waals surface area contributed by atoms with Gasteiger partial charge in [0.05, 0.1) is 23.5 Å². The number of hydrogen-bond acceptors (Lipinski definition) is 3. The van der Waals surface area contributed by atoms with Crippen LogP contribution in [0.4, 0.5) is 0 Å². The zero-order valence-electron chi connectivity index (χ0n) is 10.3. The van der Waals surface area contributed by atoms with Gasteiger partial charge in [-0.15, -0.1) is 0 Å². The Bertz CT molecular complexity index is 536. The second-order valence-electron chi connectivity index (χ2n) is 4.24. The summed E-state index contributed by atoms with van der Waals surface area (Å²) in [5.41, 5.74) is 2.28. The molecule has 1 aromatic carbocycles. The number of benzene rings is 1. The van der Waals surface area contributed by atoms with Crippen molar-refractivity contribution in [3.05, 3.63) is 30.1 Å². The highest BCUT2D eigenvalue weighted by atomic mass is 16.3. The summed E-state index contributed by atoms with van der Waals surface area (Å²) >= 11 is 0. The van der Waals surface area contributed by atoms with Crippen LogP contribution in [-0.4, -0.2) is 33.6 Å². The third kappa shape index (κ3) is 2.87. The third-order valence-electron chi connectivity index (χ3n) is 2.92. The van der Waals surface area contributed by atoms with Gasteiger partial charge in [0, 0.05) is 12.1 Å². The highest BCUT2D eigenvalue weighted by molar-refractivity contribution is 5.97. The SMILES string of the molecule is CCC(O)CCNC(=O)c1ccc2nc[nH]c2c1. The summed E-state index contributed by atoms with van der Waals surface area (Å²) in [6, 6.07) is 5.32. The Kier molecular flexibility index (Phi) is 3.94. The second kappa shape index (κ2) is 5.64. The van der Waals surface area contributed by atoms with Gasteiger partial charge in [-0.2, -0.15) is 0 Å². The van der Waals surface area contributed by atoms with Crippen LogP contribution < -0.4 is 5.32 Å². The molecule has 2 rings (SSSR count). The zero-order chi connectivity index (χ0) is 13.0. The molecular weight excluding hydrogens is 230 g/mol. The summed E-state index contributed by atoms with van der Waals surface area (Å²) in [5, 5.41) is 12.2. The maximum Gasteiger partial charge on any atom is 0.251 e. The average molecular weight is 247 g/mol. The number of imidazole rings is 1. The van der Waals surface area contributed by atoms with Gasteiger partial charge in [0.1, 0.15) is 0 Å². The molecule has 5 heteroatoms. The van der Waals surface area contributed by atoms with Gasteiger partial charge in [-0.1, -0.05) is 6.92 Å². The quantitative estimate of drug-likeness (QED) is 0.748. The van der Waals surface area contributed by atoms with Crippen LogP contribution in [0, 0.1) is 0 Å². The first-order chi connectivity index (χ1) is 8.70. The lowest BCUT2D eigenvalue weighted by atomic mass is 10.1. The van der Waals surface area contributed by atoms with Crippen molar-refractivity contribution in [2.75, 3.05) is 6.54 Å². The van der Waals surface area contributed by atoms with Crippen molar-refractivity contribution >= 4 is 16.9 Å². The predicted molar refractivity (Wildman–Crippen MR) is 69.3 cm³/mol. The number of aromatic amines is 1. The van der Waals surface area contributed by atoms with E-state index in [4.69, 9.17) is 0 Å². The molecule has 0 bridgehead atoms. The lowest BCUT2D eigenvalue weighted by Crippen LogP contribution is -2.26. The van der Waals surface area contributed by atoms with Crippen molar-refractivity contribution in [2.24, 2.45) is 0 Å². The summed E-state index contributed by atoms with van der Waals surface area (Å²) in [4.78, 5) is 18.9. The molecule has 0 spiro atoms. The van der Waals surface area contributed by atoms with Gasteiger partial charge in [-0.25, -0.2) is 4.98 Å². The summed E-state index contributed by atoms with van der Waals surface area (Å²) in [6.45, 7) is 2.40. The summed E-state index contributed by atoms with van der Waals surface area (Å²) < 4.78 is 0. The molecule has 0 fully saturated rings. The van der Waals surface area contributed by atoms with Gasteiger partial charge in [0.25, 0.3) is 5.91 Å². The number of nitrogens with one attached hydrogen (secondary N) is 2. The van der Waals surface area contributed by atoms with E-state index < -0.39 is 0 Å². The van der Waals surface area contributed by atoms with E-state index >= 15 is 0 Å². The Balaban J connectivity index is 1.95. The highest BCUT2D eigenvalue weighted by Crippen LogP contribution is 2.11. The number of rotatable bonds is 5. The number of aliphatic hydroxyl groups excluding tert-OH is 1. The van der Waals surface area contributed by atoms with Crippen LogP contribution in [0.1, 0.15) is 30.1 Å². The maximum atomic E-state index is 11.9. The minimum Gasteiger partial charge on any atom is -0.393 e. The lowest BCUT2D eigenvalue weighted by Gasteiger charge is -2.08. The molecule has 2 aromatic rings. The standard InChI is InChI=1S/C13H17N3O2/c1-2-10(17)5-6-14-13(18)9-3-4-11-12(7-9)16-8-15-11/h3-4,7-8,10,17H,2,5-6H2,1H3,(H,14,18)(H,15,16). The van der Waals surface area contributed by atoms with Crippen molar-refractivity contribution in [2.45, 2.75) is 25.9 Å². The van der Waals surface area contributed by atoms with Crippen molar-refractivity contribution < 1.29 is 9.90 Å². The molecule has 0 aliphatic heterocycles. The fraction of sp³-hybridized carbons (Fsp3) is 0.385. The molecule has 0 saturated heterocycles. The van der Waals surface area contributed by atoms with Gasteiger partial charge in [-0.3, -0.25) is 4.79 Å². The smallest absolute Gasteiger partial charge is 0.251 e. The maximum absolute atomic E-state index is 11.9. The van der Waals surface area contributed by atoms with Gasteiger partial charge in [0.2, 0.25) is 0 Å².